The molecule has 1 amide bonds. The van der Waals surface area contributed by atoms with Crippen molar-refractivity contribution in [3.8, 4) is 0 Å². The molecule has 1 aromatic carbocycles. The van der Waals surface area contributed by atoms with Gasteiger partial charge in [-0.25, -0.2) is 0 Å². The zero-order valence-electron chi connectivity index (χ0n) is 11.8. The van der Waals surface area contributed by atoms with Gasteiger partial charge in [0.2, 0.25) is 5.91 Å². The Kier molecular flexibility index (Phi) is 3.46. The Labute approximate surface area is 121 Å². The molecule has 0 heterocycles. The van der Waals surface area contributed by atoms with E-state index in [2.05, 4.69) is 5.32 Å². The first-order chi connectivity index (χ1) is 9.84. The van der Waals surface area contributed by atoms with Crippen molar-refractivity contribution in [3.63, 3.8) is 0 Å². The summed E-state index contributed by atoms with van der Waals surface area (Å²) >= 11 is 0. The number of hydrogen-bond acceptors (Lipinski definition) is 1. The smallest absolute Gasteiger partial charge is 0.349 e. The van der Waals surface area contributed by atoms with E-state index in [0.29, 0.717) is 5.56 Å². The lowest BCUT2D eigenvalue weighted by molar-refractivity contribution is -0.137. The minimum absolute atomic E-state index is 0.0367. The Hall–Kier alpha value is -1.52. The first kappa shape index (κ1) is 14.4. The number of carbonyl (C=O) groups is 1. The lowest BCUT2D eigenvalue weighted by Gasteiger charge is -2.19. The molecule has 114 valence electrons. The summed E-state index contributed by atoms with van der Waals surface area (Å²) in [6, 6.07) is 4.71. The fraction of sp³-hybridized carbons (Fsp3) is 0.562. The predicted octanol–water partition coefficient (Wildman–Crippen LogP) is 3.93. The molecule has 0 aromatic heterocycles. The van der Waals surface area contributed by atoms with Gasteiger partial charge in [0.25, 0.3) is 0 Å². The minimum atomic E-state index is -4.32. The van der Waals surface area contributed by atoms with E-state index in [9.17, 15) is 18.0 Å². The third-order valence-electron chi connectivity index (χ3n) is 4.71. The monoisotopic (exact) mass is 297 g/mol. The molecule has 2 fully saturated rings. The highest BCUT2D eigenvalue weighted by molar-refractivity contribution is 5.79. The van der Waals surface area contributed by atoms with Crippen LogP contribution in [-0.4, -0.2) is 5.91 Å². The molecule has 3 atom stereocenters. The van der Waals surface area contributed by atoms with Crippen molar-refractivity contribution in [1.29, 1.82) is 0 Å². The quantitative estimate of drug-likeness (QED) is 0.900. The molecule has 3 unspecified atom stereocenters. The fourth-order valence-electron chi connectivity index (χ4n) is 3.30. The van der Waals surface area contributed by atoms with E-state index in [1.54, 1.807) is 6.92 Å². The summed E-state index contributed by atoms with van der Waals surface area (Å²) in [5.74, 6) is 1.60. The van der Waals surface area contributed by atoms with Gasteiger partial charge in [-0.15, -0.1) is 0 Å². The first-order valence-electron chi connectivity index (χ1n) is 7.32. The summed E-state index contributed by atoms with van der Waals surface area (Å²) in [7, 11) is 0. The lowest BCUT2D eigenvalue weighted by Crippen LogP contribution is -2.32. The number of amides is 1. The Balaban J connectivity index is 1.59. The van der Waals surface area contributed by atoms with Crippen LogP contribution >= 0.6 is 0 Å². The highest BCUT2D eigenvalue weighted by Gasteiger charge is 2.48. The Morgan fingerprint density at radius 2 is 1.71 bits per heavy atom. The Morgan fingerprint density at radius 3 is 2.24 bits per heavy atom. The summed E-state index contributed by atoms with van der Waals surface area (Å²) in [5, 5.41) is 2.92. The van der Waals surface area contributed by atoms with Crippen LogP contribution in [0.25, 0.3) is 0 Å². The second-order valence-electron chi connectivity index (χ2n) is 6.27. The fourth-order valence-corrected chi connectivity index (χ4v) is 3.30. The number of fused-ring (bicyclic) bond motifs is 1. The molecule has 0 spiro atoms. The molecular weight excluding hydrogens is 279 g/mol. The molecule has 2 aliphatic rings. The van der Waals surface area contributed by atoms with Crippen LogP contribution in [0.3, 0.4) is 0 Å². The van der Waals surface area contributed by atoms with Crippen molar-refractivity contribution in [2.24, 2.45) is 17.8 Å². The third kappa shape index (κ3) is 3.06. The van der Waals surface area contributed by atoms with Gasteiger partial charge in [-0.05, 0) is 55.7 Å². The van der Waals surface area contributed by atoms with Gasteiger partial charge in [0.15, 0.2) is 0 Å². The summed E-state index contributed by atoms with van der Waals surface area (Å²) in [4.78, 5) is 12.1. The first-order valence-corrected chi connectivity index (χ1v) is 7.32. The van der Waals surface area contributed by atoms with Gasteiger partial charge in [0.05, 0.1) is 11.6 Å². The SMILES string of the molecule is CC(NC(=O)C1CC2CC2C1)c1ccc(C(F)(F)F)cc1. The predicted molar refractivity (Wildman–Crippen MR) is 72.3 cm³/mol. The van der Waals surface area contributed by atoms with E-state index >= 15 is 0 Å². The van der Waals surface area contributed by atoms with Crippen molar-refractivity contribution < 1.29 is 18.0 Å². The van der Waals surface area contributed by atoms with Crippen LogP contribution in [0.5, 0.6) is 0 Å². The largest absolute Gasteiger partial charge is 0.416 e. The maximum absolute atomic E-state index is 12.5. The summed E-state index contributed by atoms with van der Waals surface area (Å²) in [6.45, 7) is 1.80. The van der Waals surface area contributed by atoms with Crippen molar-refractivity contribution in [3.05, 3.63) is 35.4 Å². The Morgan fingerprint density at radius 1 is 1.14 bits per heavy atom. The zero-order valence-corrected chi connectivity index (χ0v) is 11.8. The van der Waals surface area contributed by atoms with Gasteiger partial charge < -0.3 is 5.32 Å². The standard InChI is InChI=1S/C16H18F3NO/c1-9(10-2-4-14(5-3-10)16(17,18)19)20-15(21)13-7-11-6-12(11)8-13/h2-5,9,11-13H,6-8H2,1H3,(H,20,21). The van der Waals surface area contributed by atoms with Crippen LogP contribution in [0.2, 0.25) is 0 Å². The number of benzene rings is 1. The molecule has 0 bridgehead atoms. The molecule has 0 radical (unpaired) electrons. The van der Waals surface area contributed by atoms with Crippen molar-refractivity contribution in [2.45, 2.75) is 38.4 Å². The van der Waals surface area contributed by atoms with E-state index in [0.717, 1.165) is 36.8 Å². The topological polar surface area (TPSA) is 29.1 Å². The summed E-state index contributed by atoms with van der Waals surface area (Å²) < 4.78 is 37.5. The molecule has 21 heavy (non-hydrogen) atoms. The molecule has 2 nitrogen and oxygen atoms in total. The number of carbonyl (C=O) groups excluding carboxylic acids is 1. The van der Waals surface area contributed by atoms with Crippen LogP contribution in [0, 0.1) is 17.8 Å². The molecule has 0 aliphatic heterocycles. The number of rotatable bonds is 3. The number of hydrogen-bond donors (Lipinski definition) is 1. The molecule has 3 rings (SSSR count). The molecule has 5 heteroatoms. The maximum atomic E-state index is 12.5. The van der Waals surface area contributed by atoms with Gasteiger partial charge in [-0.3, -0.25) is 4.79 Å². The third-order valence-corrected chi connectivity index (χ3v) is 4.71. The molecule has 0 saturated heterocycles. The highest BCUT2D eigenvalue weighted by Crippen LogP contribution is 2.54. The van der Waals surface area contributed by atoms with Gasteiger partial charge >= 0.3 is 6.18 Å². The zero-order chi connectivity index (χ0) is 15.2. The van der Waals surface area contributed by atoms with Crippen molar-refractivity contribution in [2.75, 3.05) is 0 Å². The minimum Gasteiger partial charge on any atom is -0.349 e. The second kappa shape index (κ2) is 5.04. The highest BCUT2D eigenvalue weighted by atomic mass is 19.4. The van der Waals surface area contributed by atoms with Gasteiger partial charge in [-0.2, -0.15) is 13.2 Å². The van der Waals surface area contributed by atoms with Crippen LogP contribution in [0.4, 0.5) is 13.2 Å². The van der Waals surface area contributed by atoms with Crippen LogP contribution in [-0.2, 0) is 11.0 Å². The lowest BCUT2D eigenvalue weighted by atomic mass is 10.0. The average molecular weight is 297 g/mol. The van der Waals surface area contributed by atoms with Crippen LogP contribution < -0.4 is 5.32 Å². The number of alkyl halides is 3. The van der Waals surface area contributed by atoms with Crippen molar-refractivity contribution >= 4 is 5.91 Å². The number of nitrogens with one attached hydrogen (secondary N) is 1. The molecular formula is C16H18F3NO. The summed E-state index contributed by atoms with van der Waals surface area (Å²) in [5.41, 5.74) is 0.0279. The number of halogens is 3. The van der Waals surface area contributed by atoms with Gasteiger partial charge in [0.1, 0.15) is 0 Å². The summed E-state index contributed by atoms with van der Waals surface area (Å²) in [6.07, 6.45) is -1.12. The van der Waals surface area contributed by atoms with Crippen molar-refractivity contribution in [1.82, 2.24) is 5.32 Å². The van der Waals surface area contributed by atoms with Crippen LogP contribution in [0.15, 0.2) is 24.3 Å². The molecule has 1 aromatic rings. The van der Waals surface area contributed by atoms with Gasteiger partial charge in [-0.1, -0.05) is 12.1 Å². The van der Waals surface area contributed by atoms with E-state index in [-0.39, 0.29) is 17.9 Å². The van der Waals surface area contributed by atoms with Gasteiger partial charge in [0, 0.05) is 5.92 Å². The normalized spacial score (nSPS) is 28.9. The molecule has 2 aliphatic carbocycles. The van der Waals surface area contributed by atoms with Crippen LogP contribution in [0.1, 0.15) is 43.4 Å². The maximum Gasteiger partial charge on any atom is 0.416 e. The van der Waals surface area contributed by atoms with E-state index in [4.69, 9.17) is 0 Å². The van der Waals surface area contributed by atoms with E-state index in [1.807, 2.05) is 0 Å². The average Bonchev–Trinajstić information content (AvgIpc) is 3.04. The van der Waals surface area contributed by atoms with E-state index < -0.39 is 11.7 Å². The Bertz CT molecular complexity index is 527. The van der Waals surface area contributed by atoms with E-state index in [1.165, 1.54) is 18.6 Å². The molecule has 1 N–H and O–H groups in total. The molecule has 2 saturated carbocycles. The second-order valence-corrected chi connectivity index (χ2v) is 6.27.